The van der Waals surface area contributed by atoms with E-state index in [1.807, 2.05) is 7.05 Å². The minimum Gasteiger partial charge on any atom is -0.377 e. The van der Waals surface area contributed by atoms with Crippen LogP contribution in [-0.2, 0) is 4.74 Å². The molecule has 142 valence electrons. The highest BCUT2D eigenvalue weighted by Crippen LogP contribution is 2.60. The molecular formula is C20H36N4O. The molecule has 5 heteroatoms. The maximum Gasteiger partial charge on any atom is 0.191 e. The van der Waals surface area contributed by atoms with Gasteiger partial charge in [0, 0.05) is 56.2 Å². The summed E-state index contributed by atoms with van der Waals surface area (Å²) in [6.45, 7) is 10.2. The number of likely N-dealkylation sites (tertiary alicyclic amines) is 1. The van der Waals surface area contributed by atoms with Crippen molar-refractivity contribution in [3.05, 3.63) is 0 Å². The Hall–Kier alpha value is -0.810. The highest BCUT2D eigenvalue weighted by Gasteiger charge is 2.65. The number of hydrogen-bond donors (Lipinski definition) is 2. The van der Waals surface area contributed by atoms with E-state index in [0.29, 0.717) is 41.5 Å². The van der Waals surface area contributed by atoms with Gasteiger partial charge in [-0.1, -0.05) is 19.8 Å². The number of rotatable bonds is 3. The van der Waals surface area contributed by atoms with Crippen molar-refractivity contribution >= 4 is 5.96 Å². The third-order valence-electron chi connectivity index (χ3n) is 7.49. The molecule has 2 N–H and O–H groups in total. The monoisotopic (exact) mass is 348 g/mol. The van der Waals surface area contributed by atoms with Gasteiger partial charge < -0.3 is 15.4 Å². The second kappa shape index (κ2) is 6.73. The van der Waals surface area contributed by atoms with Gasteiger partial charge in [0.2, 0.25) is 0 Å². The zero-order chi connectivity index (χ0) is 17.6. The fourth-order valence-corrected chi connectivity index (χ4v) is 6.01. The summed E-state index contributed by atoms with van der Waals surface area (Å²) in [6, 6.07) is 1.66. The Labute approximate surface area is 153 Å². The van der Waals surface area contributed by atoms with Crippen molar-refractivity contribution in [3.63, 3.8) is 0 Å². The maximum absolute atomic E-state index is 6.12. The lowest BCUT2D eigenvalue weighted by Crippen LogP contribution is -2.69. The fraction of sp³-hybridized carbons (Fsp3) is 0.950. The van der Waals surface area contributed by atoms with Gasteiger partial charge in [0.1, 0.15) is 0 Å². The SMILES string of the molecule is CN=C(NC1CN(C(C)C)CC1C)NC1C2CCOC2C12CCCC2. The Morgan fingerprint density at radius 2 is 1.96 bits per heavy atom. The van der Waals surface area contributed by atoms with Crippen LogP contribution in [-0.4, -0.2) is 61.8 Å². The predicted molar refractivity (Wildman–Crippen MR) is 102 cm³/mol. The van der Waals surface area contributed by atoms with Crippen LogP contribution in [0.25, 0.3) is 0 Å². The lowest BCUT2D eigenvalue weighted by Gasteiger charge is -2.57. The van der Waals surface area contributed by atoms with E-state index in [0.717, 1.165) is 19.1 Å². The Morgan fingerprint density at radius 1 is 1.20 bits per heavy atom. The van der Waals surface area contributed by atoms with Gasteiger partial charge in [-0.15, -0.1) is 0 Å². The summed E-state index contributed by atoms with van der Waals surface area (Å²) >= 11 is 0. The van der Waals surface area contributed by atoms with E-state index in [-0.39, 0.29) is 0 Å². The molecule has 5 atom stereocenters. The van der Waals surface area contributed by atoms with Crippen LogP contribution < -0.4 is 10.6 Å². The minimum absolute atomic E-state index is 0.379. The molecule has 25 heavy (non-hydrogen) atoms. The molecule has 2 heterocycles. The van der Waals surface area contributed by atoms with Crippen LogP contribution in [0.2, 0.25) is 0 Å². The Kier molecular flexibility index (Phi) is 4.74. The van der Waals surface area contributed by atoms with Crippen molar-refractivity contribution in [2.45, 2.75) is 77.1 Å². The molecule has 0 aromatic rings. The predicted octanol–water partition coefficient (Wildman–Crippen LogP) is 2.23. The van der Waals surface area contributed by atoms with Gasteiger partial charge in [0.05, 0.1) is 6.10 Å². The molecule has 5 nitrogen and oxygen atoms in total. The average Bonchev–Trinajstić information content (AvgIpc) is 3.30. The molecule has 2 aliphatic carbocycles. The van der Waals surface area contributed by atoms with Crippen LogP contribution >= 0.6 is 0 Å². The molecule has 0 aromatic carbocycles. The number of aliphatic imine (C=N–C) groups is 1. The zero-order valence-electron chi connectivity index (χ0n) is 16.4. The molecular weight excluding hydrogens is 312 g/mol. The number of hydrogen-bond acceptors (Lipinski definition) is 3. The first kappa shape index (κ1) is 17.6. The summed E-state index contributed by atoms with van der Waals surface area (Å²) in [5, 5.41) is 7.58. The Morgan fingerprint density at radius 3 is 2.60 bits per heavy atom. The number of nitrogens with zero attached hydrogens (tertiary/aromatic N) is 2. The topological polar surface area (TPSA) is 48.9 Å². The lowest BCUT2D eigenvalue weighted by atomic mass is 9.54. The van der Waals surface area contributed by atoms with Gasteiger partial charge in [0.15, 0.2) is 5.96 Å². The first-order valence-electron chi connectivity index (χ1n) is 10.4. The largest absolute Gasteiger partial charge is 0.377 e. The third-order valence-corrected chi connectivity index (χ3v) is 7.49. The van der Waals surface area contributed by atoms with Gasteiger partial charge in [0.25, 0.3) is 0 Å². The second-order valence-electron chi connectivity index (χ2n) is 9.15. The van der Waals surface area contributed by atoms with Crippen LogP contribution in [0.15, 0.2) is 4.99 Å². The van der Waals surface area contributed by atoms with Crippen molar-refractivity contribution in [1.82, 2.24) is 15.5 Å². The summed E-state index contributed by atoms with van der Waals surface area (Å²) in [6.07, 6.45) is 7.09. The molecule has 2 saturated heterocycles. The number of nitrogens with one attached hydrogen (secondary N) is 2. The first-order valence-corrected chi connectivity index (χ1v) is 10.4. The van der Waals surface area contributed by atoms with Crippen molar-refractivity contribution in [2.75, 3.05) is 26.7 Å². The van der Waals surface area contributed by atoms with Crippen LogP contribution in [0.5, 0.6) is 0 Å². The normalized spacial score (nSPS) is 40.5. The summed E-state index contributed by atoms with van der Waals surface area (Å²) in [5.41, 5.74) is 0.379. The van der Waals surface area contributed by atoms with E-state index >= 15 is 0 Å². The molecule has 0 amide bonds. The van der Waals surface area contributed by atoms with E-state index in [2.05, 4.69) is 41.3 Å². The van der Waals surface area contributed by atoms with Crippen LogP contribution in [0, 0.1) is 17.3 Å². The molecule has 4 fully saturated rings. The number of ether oxygens (including phenoxy) is 1. The number of guanidine groups is 1. The molecule has 0 aromatic heterocycles. The standard InChI is InChI=1S/C20H36N4O/c1-13(2)24-11-14(3)16(12-24)22-19(21-4)23-17-15-7-10-25-18(15)20(17)8-5-6-9-20/h13-18H,5-12H2,1-4H3,(H2,21,22,23). The van der Waals surface area contributed by atoms with E-state index < -0.39 is 0 Å². The molecule has 0 radical (unpaired) electrons. The Balaban J connectivity index is 1.41. The highest BCUT2D eigenvalue weighted by atomic mass is 16.5. The fourth-order valence-electron chi connectivity index (χ4n) is 6.01. The second-order valence-corrected chi connectivity index (χ2v) is 9.15. The van der Waals surface area contributed by atoms with Crippen molar-refractivity contribution < 1.29 is 4.74 Å². The first-order chi connectivity index (χ1) is 12.0. The molecule has 4 aliphatic rings. The third kappa shape index (κ3) is 2.87. The van der Waals surface area contributed by atoms with Crippen molar-refractivity contribution in [1.29, 1.82) is 0 Å². The highest BCUT2D eigenvalue weighted by molar-refractivity contribution is 5.80. The van der Waals surface area contributed by atoms with E-state index in [9.17, 15) is 0 Å². The van der Waals surface area contributed by atoms with E-state index in [4.69, 9.17) is 4.74 Å². The van der Waals surface area contributed by atoms with Gasteiger partial charge >= 0.3 is 0 Å². The van der Waals surface area contributed by atoms with Crippen LogP contribution in [0.1, 0.15) is 52.9 Å². The average molecular weight is 349 g/mol. The van der Waals surface area contributed by atoms with Crippen molar-refractivity contribution in [2.24, 2.45) is 22.2 Å². The van der Waals surface area contributed by atoms with Gasteiger partial charge in [-0.25, -0.2) is 0 Å². The van der Waals surface area contributed by atoms with Gasteiger partial charge in [-0.2, -0.15) is 0 Å². The van der Waals surface area contributed by atoms with Crippen LogP contribution in [0.3, 0.4) is 0 Å². The molecule has 1 spiro atoms. The van der Waals surface area contributed by atoms with E-state index in [1.165, 1.54) is 38.6 Å². The smallest absolute Gasteiger partial charge is 0.191 e. The summed E-state index contributed by atoms with van der Waals surface area (Å²) in [4.78, 5) is 7.15. The minimum atomic E-state index is 0.379. The Bertz CT molecular complexity index is 514. The van der Waals surface area contributed by atoms with E-state index in [1.54, 1.807) is 0 Å². The van der Waals surface area contributed by atoms with Crippen LogP contribution in [0.4, 0.5) is 0 Å². The summed E-state index contributed by atoms with van der Waals surface area (Å²) < 4.78 is 6.12. The van der Waals surface area contributed by atoms with Gasteiger partial charge in [-0.05, 0) is 39.0 Å². The molecule has 0 bridgehead atoms. The zero-order valence-corrected chi connectivity index (χ0v) is 16.4. The molecule has 4 rings (SSSR count). The lowest BCUT2D eigenvalue weighted by molar-refractivity contribution is -0.125. The molecule has 5 unspecified atom stereocenters. The van der Waals surface area contributed by atoms with Crippen molar-refractivity contribution in [3.8, 4) is 0 Å². The summed E-state index contributed by atoms with van der Waals surface area (Å²) in [5.74, 6) is 2.35. The molecule has 2 aliphatic heterocycles. The quantitative estimate of drug-likeness (QED) is 0.607. The maximum atomic E-state index is 6.12. The molecule has 2 saturated carbocycles. The number of fused-ring (bicyclic) bond motifs is 2. The summed E-state index contributed by atoms with van der Waals surface area (Å²) in [7, 11) is 1.91. The van der Waals surface area contributed by atoms with Gasteiger partial charge in [-0.3, -0.25) is 9.89 Å².